The van der Waals surface area contributed by atoms with E-state index in [0.717, 1.165) is 11.3 Å². The number of hydrogen-bond donors (Lipinski definition) is 2. The Morgan fingerprint density at radius 2 is 1.71 bits per heavy atom. The van der Waals surface area contributed by atoms with Crippen molar-refractivity contribution < 1.29 is 0 Å². The lowest BCUT2D eigenvalue weighted by Gasteiger charge is -2.11. The molecule has 3 nitrogen and oxygen atoms in total. The molecule has 0 aromatic heterocycles. The predicted octanol–water partition coefficient (Wildman–Crippen LogP) is 4.78. The molecule has 120 valence electrons. The van der Waals surface area contributed by atoms with Gasteiger partial charge in [0.25, 0.3) is 0 Å². The molecule has 0 aliphatic heterocycles. The van der Waals surface area contributed by atoms with Gasteiger partial charge in [-0.2, -0.15) is 5.10 Å². The Kier molecular flexibility index (Phi) is 4.87. The summed E-state index contributed by atoms with van der Waals surface area (Å²) in [4.78, 5) is 0. The minimum Gasteiger partial charge on any atom is -0.331 e. The zero-order valence-corrected chi connectivity index (χ0v) is 14.5. The Balaban J connectivity index is 1.69. The number of benzene rings is 3. The van der Waals surface area contributed by atoms with E-state index in [4.69, 9.17) is 12.2 Å². The van der Waals surface area contributed by atoms with Crippen molar-refractivity contribution in [1.29, 1.82) is 0 Å². The Morgan fingerprint density at radius 1 is 0.958 bits per heavy atom. The predicted molar refractivity (Wildman–Crippen MR) is 107 cm³/mol. The summed E-state index contributed by atoms with van der Waals surface area (Å²) in [6.45, 7) is 4.15. The molecule has 0 aliphatic rings. The average Bonchev–Trinajstić information content (AvgIpc) is 2.59. The van der Waals surface area contributed by atoms with Crippen LogP contribution in [0.25, 0.3) is 10.8 Å². The van der Waals surface area contributed by atoms with Crippen molar-refractivity contribution in [2.45, 2.75) is 13.8 Å². The molecule has 3 aromatic rings. The molecule has 0 fully saturated rings. The standard InChI is InChI=1S/C20H19N3S/c1-14-7-5-12-19(15(14)2)22-20(24)23-21-13-17-10-6-9-16-8-3-4-11-18(16)17/h3-13H,1-2H3,(H2,22,23,24)/b21-13-. The lowest BCUT2D eigenvalue weighted by Crippen LogP contribution is -2.24. The van der Waals surface area contributed by atoms with Crippen LogP contribution >= 0.6 is 12.2 Å². The molecule has 2 N–H and O–H groups in total. The Hall–Kier alpha value is -2.72. The second-order valence-electron chi connectivity index (χ2n) is 5.64. The van der Waals surface area contributed by atoms with Gasteiger partial charge in [0.1, 0.15) is 0 Å². The minimum atomic E-state index is 0.472. The van der Waals surface area contributed by atoms with E-state index in [2.05, 4.69) is 54.0 Å². The van der Waals surface area contributed by atoms with Gasteiger partial charge in [0, 0.05) is 11.3 Å². The lowest BCUT2D eigenvalue weighted by molar-refractivity contribution is 1.05. The molecule has 4 heteroatoms. The van der Waals surface area contributed by atoms with E-state index in [1.54, 1.807) is 6.21 Å². The molecule has 0 radical (unpaired) electrons. The number of anilines is 1. The molecule has 0 saturated heterocycles. The van der Waals surface area contributed by atoms with Gasteiger partial charge in [-0.15, -0.1) is 0 Å². The first kappa shape index (κ1) is 16.1. The SMILES string of the molecule is Cc1cccc(NC(=S)N/N=C\c2cccc3ccccc23)c1C. The summed E-state index contributed by atoms with van der Waals surface area (Å²) in [7, 11) is 0. The summed E-state index contributed by atoms with van der Waals surface area (Å²) >= 11 is 5.31. The molecule has 24 heavy (non-hydrogen) atoms. The van der Waals surface area contributed by atoms with E-state index in [-0.39, 0.29) is 0 Å². The first-order valence-electron chi connectivity index (χ1n) is 7.79. The van der Waals surface area contributed by atoms with Crippen LogP contribution < -0.4 is 10.7 Å². The number of rotatable bonds is 3. The lowest BCUT2D eigenvalue weighted by atomic mass is 10.1. The van der Waals surface area contributed by atoms with Crippen molar-refractivity contribution in [3.63, 3.8) is 0 Å². The molecular formula is C20H19N3S. The van der Waals surface area contributed by atoms with E-state index in [0.29, 0.717) is 5.11 Å². The quantitative estimate of drug-likeness (QED) is 0.411. The van der Waals surface area contributed by atoms with Gasteiger partial charge in [0.2, 0.25) is 0 Å². The van der Waals surface area contributed by atoms with Crippen LogP contribution in [0, 0.1) is 13.8 Å². The third kappa shape index (κ3) is 3.60. The molecule has 0 bridgehead atoms. The van der Waals surface area contributed by atoms with Crippen LogP contribution in [0.5, 0.6) is 0 Å². The van der Waals surface area contributed by atoms with E-state index in [1.165, 1.54) is 21.9 Å². The number of nitrogens with one attached hydrogen (secondary N) is 2. The van der Waals surface area contributed by atoms with Gasteiger partial charge >= 0.3 is 0 Å². The van der Waals surface area contributed by atoms with Gasteiger partial charge in [0.05, 0.1) is 6.21 Å². The van der Waals surface area contributed by atoms with Crippen molar-refractivity contribution in [1.82, 2.24) is 5.43 Å². The Labute approximate surface area is 147 Å². The zero-order valence-electron chi connectivity index (χ0n) is 13.7. The number of hydrazone groups is 1. The van der Waals surface area contributed by atoms with E-state index < -0.39 is 0 Å². The molecule has 0 unspecified atom stereocenters. The van der Waals surface area contributed by atoms with E-state index >= 15 is 0 Å². The van der Waals surface area contributed by atoms with Crippen LogP contribution in [-0.4, -0.2) is 11.3 Å². The molecule has 0 saturated carbocycles. The van der Waals surface area contributed by atoms with E-state index in [9.17, 15) is 0 Å². The van der Waals surface area contributed by atoms with Gasteiger partial charge in [-0.1, -0.05) is 54.6 Å². The molecule has 3 rings (SSSR count). The minimum absolute atomic E-state index is 0.472. The average molecular weight is 333 g/mol. The van der Waals surface area contributed by atoms with Crippen molar-refractivity contribution >= 4 is 40.0 Å². The van der Waals surface area contributed by atoms with Gasteiger partial charge < -0.3 is 5.32 Å². The molecule has 0 amide bonds. The largest absolute Gasteiger partial charge is 0.331 e. The fourth-order valence-electron chi connectivity index (χ4n) is 2.56. The number of hydrogen-bond acceptors (Lipinski definition) is 2. The highest BCUT2D eigenvalue weighted by Crippen LogP contribution is 2.18. The summed E-state index contributed by atoms with van der Waals surface area (Å²) in [5.74, 6) is 0. The molecule has 3 aromatic carbocycles. The van der Waals surface area contributed by atoms with Gasteiger partial charge in [-0.3, -0.25) is 5.43 Å². The van der Waals surface area contributed by atoms with Crippen molar-refractivity contribution in [2.24, 2.45) is 5.10 Å². The number of aryl methyl sites for hydroxylation is 1. The maximum atomic E-state index is 5.31. The second-order valence-corrected chi connectivity index (χ2v) is 6.05. The fourth-order valence-corrected chi connectivity index (χ4v) is 2.72. The first-order chi connectivity index (χ1) is 11.6. The van der Waals surface area contributed by atoms with Crippen LogP contribution in [0.3, 0.4) is 0 Å². The molecule has 0 heterocycles. The highest BCUT2D eigenvalue weighted by atomic mass is 32.1. The fraction of sp³-hybridized carbons (Fsp3) is 0.100. The van der Waals surface area contributed by atoms with Gasteiger partial charge in [-0.25, -0.2) is 0 Å². The highest BCUT2D eigenvalue weighted by Gasteiger charge is 2.02. The summed E-state index contributed by atoms with van der Waals surface area (Å²) in [6.07, 6.45) is 1.79. The van der Waals surface area contributed by atoms with Crippen LogP contribution in [-0.2, 0) is 0 Å². The summed E-state index contributed by atoms with van der Waals surface area (Å²) in [5, 5.41) is 10.3. The molecule has 0 spiro atoms. The molecular weight excluding hydrogens is 314 g/mol. The van der Waals surface area contributed by atoms with Gasteiger partial charge in [0.15, 0.2) is 5.11 Å². The molecule has 0 aliphatic carbocycles. The van der Waals surface area contributed by atoms with Gasteiger partial charge in [-0.05, 0) is 54.0 Å². The third-order valence-electron chi connectivity index (χ3n) is 4.05. The van der Waals surface area contributed by atoms with Crippen molar-refractivity contribution in [3.8, 4) is 0 Å². The highest BCUT2D eigenvalue weighted by molar-refractivity contribution is 7.80. The van der Waals surface area contributed by atoms with Crippen LogP contribution in [0.1, 0.15) is 16.7 Å². The number of fused-ring (bicyclic) bond motifs is 1. The number of nitrogens with zero attached hydrogens (tertiary/aromatic N) is 1. The van der Waals surface area contributed by atoms with Crippen LogP contribution in [0.4, 0.5) is 5.69 Å². The van der Waals surface area contributed by atoms with E-state index in [1.807, 2.05) is 36.4 Å². The first-order valence-corrected chi connectivity index (χ1v) is 8.20. The smallest absolute Gasteiger partial charge is 0.191 e. The van der Waals surface area contributed by atoms with Crippen molar-refractivity contribution in [2.75, 3.05) is 5.32 Å². The summed E-state index contributed by atoms with van der Waals surface area (Å²) < 4.78 is 0. The third-order valence-corrected chi connectivity index (χ3v) is 4.24. The Bertz CT molecular complexity index is 910. The van der Waals surface area contributed by atoms with Crippen LogP contribution in [0.15, 0.2) is 65.8 Å². The van der Waals surface area contributed by atoms with Crippen LogP contribution in [0.2, 0.25) is 0 Å². The Morgan fingerprint density at radius 3 is 2.58 bits per heavy atom. The molecule has 0 atom stereocenters. The van der Waals surface area contributed by atoms with Crippen molar-refractivity contribution in [3.05, 3.63) is 77.4 Å². The summed E-state index contributed by atoms with van der Waals surface area (Å²) in [5.41, 5.74) is 7.33. The summed E-state index contributed by atoms with van der Waals surface area (Å²) in [6, 6.07) is 20.5. The number of thiocarbonyl (C=S) groups is 1. The topological polar surface area (TPSA) is 36.4 Å². The maximum Gasteiger partial charge on any atom is 0.191 e. The monoisotopic (exact) mass is 333 g/mol. The zero-order chi connectivity index (χ0) is 16.9. The normalized spacial score (nSPS) is 10.9. The maximum absolute atomic E-state index is 5.31. The second kappa shape index (κ2) is 7.23.